The summed E-state index contributed by atoms with van der Waals surface area (Å²) in [6.07, 6.45) is -14.4. The Morgan fingerprint density at radius 2 is 1.18 bits per heavy atom. The maximum atomic E-state index is 14.0. The van der Waals surface area contributed by atoms with E-state index >= 15 is 0 Å². The van der Waals surface area contributed by atoms with Gasteiger partial charge in [-0.05, 0) is 5.75 Å². The summed E-state index contributed by atoms with van der Waals surface area (Å²) in [6, 6.07) is 0. The van der Waals surface area contributed by atoms with Crippen molar-refractivity contribution in [2.24, 2.45) is 0 Å². The first-order valence-electron chi connectivity index (χ1n) is 13.6. The summed E-state index contributed by atoms with van der Waals surface area (Å²) in [5, 5.41) is 0. The van der Waals surface area contributed by atoms with E-state index in [4.69, 9.17) is 23.7 Å². The third-order valence-electron chi connectivity index (χ3n) is 6.49. The Morgan fingerprint density at radius 3 is 1.64 bits per heavy atom. The zero-order valence-electron chi connectivity index (χ0n) is 25.9. The van der Waals surface area contributed by atoms with E-state index in [1.54, 1.807) is 0 Å². The molecule has 1 saturated heterocycles. The minimum absolute atomic E-state index is 0.253. The zero-order chi connectivity index (χ0) is 39.3. The molecule has 0 bridgehead atoms. The van der Waals surface area contributed by atoms with Crippen molar-refractivity contribution in [2.75, 3.05) is 18.1 Å². The molecule has 0 unspecified atom stereocenters. The number of esters is 4. The molecule has 1 rings (SSSR count). The van der Waals surface area contributed by atoms with Crippen LogP contribution in [0.3, 0.4) is 0 Å². The van der Waals surface area contributed by atoms with Crippen molar-refractivity contribution in [2.45, 2.75) is 106 Å². The number of alkyl halides is 13. The van der Waals surface area contributed by atoms with Crippen LogP contribution >= 0.6 is 24.4 Å². The molecule has 290 valence electrons. The summed E-state index contributed by atoms with van der Waals surface area (Å²) in [5.74, 6) is -42.7. The number of halogens is 13. The quantitative estimate of drug-likeness (QED) is 0.0486. The van der Waals surface area contributed by atoms with Crippen LogP contribution < -0.4 is 0 Å². The van der Waals surface area contributed by atoms with Gasteiger partial charge in [0.05, 0.1) is 0 Å². The first kappa shape index (κ1) is 45.4. The summed E-state index contributed by atoms with van der Waals surface area (Å²) in [6.45, 7) is 3.20. The summed E-state index contributed by atoms with van der Waals surface area (Å²) in [4.78, 5) is 45.0. The molecule has 5 atom stereocenters. The first-order chi connectivity index (χ1) is 22.4. The van der Waals surface area contributed by atoms with Crippen molar-refractivity contribution in [1.82, 2.24) is 0 Å². The monoisotopic (exact) mass is 796 g/mol. The molecule has 0 aliphatic carbocycles. The minimum Gasteiger partial charge on any atom is -0.463 e. The van der Waals surface area contributed by atoms with Gasteiger partial charge in [0.25, 0.3) is 0 Å². The molecule has 0 aromatic rings. The molecule has 9 nitrogen and oxygen atoms in total. The number of hydrogen-bond acceptors (Lipinski definition) is 11. The Morgan fingerprint density at radius 1 is 0.700 bits per heavy atom. The van der Waals surface area contributed by atoms with Crippen LogP contribution in [0.2, 0.25) is 0 Å². The predicted octanol–water partition coefficient (Wildman–Crippen LogP) is 6.18. The SMILES string of the molecule is CC(=O)OC[C@H]1O[C@](S)(CC=CCSCCC(F)(F)C(F)(F)C(F)(F)C(F)(F)C(F)(F)C(F)(F)F)[C@H](OC(C)=O)[C@@H](OC(C)=O)[C@@H]1OC(C)=O. The third-order valence-corrected chi connectivity index (χ3v) is 7.95. The average Bonchev–Trinajstić information content (AvgIpc) is 2.93. The van der Waals surface area contributed by atoms with Gasteiger partial charge >= 0.3 is 59.7 Å². The normalized spacial score (nSPS) is 24.1. The fourth-order valence-electron chi connectivity index (χ4n) is 4.15. The number of hydrogen-bond donors (Lipinski definition) is 1. The van der Waals surface area contributed by atoms with E-state index in [-0.39, 0.29) is 11.8 Å². The summed E-state index contributed by atoms with van der Waals surface area (Å²) >= 11 is 4.62. The van der Waals surface area contributed by atoms with Gasteiger partial charge in [0, 0.05) is 46.3 Å². The van der Waals surface area contributed by atoms with Crippen molar-refractivity contribution in [1.29, 1.82) is 0 Å². The zero-order valence-corrected chi connectivity index (χ0v) is 27.7. The van der Waals surface area contributed by atoms with Crippen molar-refractivity contribution >= 4 is 48.3 Å². The predicted molar refractivity (Wildman–Crippen MR) is 146 cm³/mol. The van der Waals surface area contributed by atoms with E-state index in [1.165, 1.54) is 0 Å². The van der Waals surface area contributed by atoms with Crippen molar-refractivity contribution in [3.05, 3.63) is 12.2 Å². The average molecular weight is 797 g/mol. The van der Waals surface area contributed by atoms with Crippen LogP contribution in [0.4, 0.5) is 57.1 Å². The number of carbonyl (C=O) groups excluding carboxylic acids is 4. The Bertz CT molecular complexity index is 1260. The highest BCUT2D eigenvalue weighted by Gasteiger charge is 2.90. The number of rotatable bonds is 16. The molecule has 0 saturated carbocycles. The molecule has 0 amide bonds. The lowest BCUT2D eigenvalue weighted by molar-refractivity contribution is -0.439. The lowest BCUT2D eigenvalue weighted by Gasteiger charge is -2.49. The molecule has 1 aliphatic heterocycles. The van der Waals surface area contributed by atoms with Crippen molar-refractivity contribution < 1.29 is 99.9 Å². The van der Waals surface area contributed by atoms with Crippen LogP contribution in [0.5, 0.6) is 0 Å². The number of thiol groups is 1. The molecule has 0 N–H and O–H groups in total. The third kappa shape index (κ3) is 10.0. The first-order valence-corrected chi connectivity index (χ1v) is 15.2. The topological polar surface area (TPSA) is 114 Å². The lowest BCUT2D eigenvalue weighted by Crippen LogP contribution is -2.70. The second-order valence-corrected chi connectivity index (χ2v) is 12.4. The summed E-state index contributed by atoms with van der Waals surface area (Å²) in [7, 11) is 0. The largest absolute Gasteiger partial charge is 0.463 e. The van der Waals surface area contributed by atoms with Crippen LogP contribution in [0.1, 0.15) is 40.5 Å². The Kier molecular flexibility index (Phi) is 14.9. The highest BCUT2D eigenvalue weighted by atomic mass is 32.2. The van der Waals surface area contributed by atoms with E-state index in [0.29, 0.717) is 0 Å². The second-order valence-electron chi connectivity index (χ2n) is 10.5. The molecule has 0 spiro atoms. The maximum Gasteiger partial charge on any atom is 0.460 e. The van der Waals surface area contributed by atoms with Gasteiger partial charge in [0.2, 0.25) is 0 Å². The number of carbonyl (C=O) groups is 4. The van der Waals surface area contributed by atoms with Crippen LogP contribution in [0.15, 0.2) is 12.2 Å². The Hall–Kier alpha value is -2.63. The standard InChI is InChI=1S/C26H29F13O9S2/c1-12(40)44-11-16-17(45-13(2)41)18(46-14(3)42)19(47-15(4)43)20(49,48-16)7-5-6-9-50-10-8-21(27,28)22(29,30)23(31,32)24(33,34)25(35,36)26(37,38)39/h5-6,16-19,49H,7-11H2,1-4H3/t16-,17-,18+,19-,20+/m1/s1. The van der Waals surface area contributed by atoms with Crippen LogP contribution in [0, 0.1) is 0 Å². The molecule has 0 aromatic carbocycles. The molecule has 0 radical (unpaired) electrons. The van der Waals surface area contributed by atoms with E-state index in [1.807, 2.05) is 0 Å². The second kappa shape index (κ2) is 16.4. The Labute approximate surface area is 284 Å². The molecule has 50 heavy (non-hydrogen) atoms. The maximum absolute atomic E-state index is 14.0. The van der Waals surface area contributed by atoms with Gasteiger partial charge < -0.3 is 23.7 Å². The molecule has 0 aromatic heterocycles. The van der Waals surface area contributed by atoms with Gasteiger partial charge in [0.15, 0.2) is 23.2 Å². The van der Waals surface area contributed by atoms with Gasteiger partial charge in [-0.3, -0.25) is 19.2 Å². The minimum atomic E-state index is -7.99. The van der Waals surface area contributed by atoms with Gasteiger partial charge in [-0.25, -0.2) is 0 Å². The number of thioether (sulfide) groups is 1. The van der Waals surface area contributed by atoms with Gasteiger partial charge in [0.1, 0.15) is 12.7 Å². The lowest BCUT2D eigenvalue weighted by atomic mass is 9.91. The van der Waals surface area contributed by atoms with E-state index < -0.39 is 120 Å². The van der Waals surface area contributed by atoms with Crippen molar-refractivity contribution in [3.8, 4) is 0 Å². The molecule has 1 fully saturated rings. The molecular weight excluding hydrogens is 767 g/mol. The molecule has 1 heterocycles. The highest BCUT2D eigenvalue weighted by Crippen LogP contribution is 2.60. The van der Waals surface area contributed by atoms with Crippen LogP contribution in [-0.2, 0) is 42.9 Å². The number of ether oxygens (including phenoxy) is 5. The van der Waals surface area contributed by atoms with Crippen LogP contribution in [0.25, 0.3) is 0 Å². The van der Waals surface area contributed by atoms with E-state index in [2.05, 4.69) is 12.6 Å². The summed E-state index contributed by atoms with van der Waals surface area (Å²) in [5.41, 5.74) is 0. The molecule has 1 aliphatic rings. The van der Waals surface area contributed by atoms with Gasteiger partial charge in [-0.15, -0.1) is 12.6 Å². The fraction of sp³-hybridized carbons (Fsp3) is 0.769. The van der Waals surface area contributed by atoms with Gasteiger partial charge in [-0.2, -0.15) is 68.8 Å². The van der Waals surface area contributed by atoms with E-state index in [9.17, 15) is 76.3 Å². The fourth-order valence-corrected chi connectivity index (χ4v) is 5.43. The molecule has 24 heteroatoms. The van der Waals surface area contributed by atoms with Gasteiger partial charge in [-0.1, -0.05) is 12.2 Å². The van der Waals surface area contributed by atoms with Crippen molar-refractivity contribution in [3.63, 3.8) is 0 Å². The Balaban J connectivity index is 3.16. The highest BCUT2D eigenvalue weighted by molar-refractivity contribution is 7.99. The summed E-state index contributed by atoms with van der Waals surface area (Å²) < 4.78 is 199. The smallest absolute Gasteiger partial charge is 0.460 e. The van der Waals surface area contributed by atoms with Crippen LogP contribution in [-0.4, -0.2) is 107 Å². The van der Waals surface area contributed by atoms with E-state index in [0.717, 1.165) is 39.8 Å². The molecular formula is C26H29F13O9S2.